The lowest BCUT2D eigenvalue weighted by atomic mass is 9.94. The van der Waals surface area contributed by atoms with Crippen molar-refractivity contribution in [1.82, 2.24) is 10.6 Å². The number of hydrogen-bond acceptors (Lipinski definition) is 3. The fourth-order valence-corrected chi connectivity index (χ4v) is 2.89. The smallest absolute Gasteiger partial charge is 0.249 e. The highest BCUT2D eigenvalue weighted by Gasteiger charge is 2.24. The predicted octanol–water partition coefficient (Wildman–Crippen LogP) is 3.30. The van der Waals surface area contributed by atoms with E-state index in [4.69, 9.17) is 5.26 Å². The summed E-state index contributed by atoms with van der Waals surface area (Å²) in [4.78, 5) is 12.7. The number of rotatable bonds is 5. The van der Waals surface area contributed by atoms with Crippen molar-refractivity contribution < 1.29 is 9.18 Å². The maximum atomic E-state index is 13.1. The lowest BCUT2D eigenvalue weighted by molar-refractivity contribution is -0.118. The highest BCUT2D eigenvalue weighted by atomic mass is 19.1. The number of aryl methyl sites for hydroxylation is 1. The summed E-state index contributed by atoms with van der Waals surface area (Å²) in [6.45, 7) is 2.42. The minimum atomic E-state index is -0.298. The first-order chi connectivity index (χ1) is 13.0. The molecular weight excluding hydrogens is 341 g/mol. The fraction of sp³-hybridized carbons (Fsp3) is 0.182. The molecule has 0 spiro atoms. The van der Waals surface area contributed by atoms with Gasteiger partial charge in [0, 0.05) is 18.3 Å². The zero-order valence-electron chi connectivity index (χ0n) is 15.0. The van der Waals surface area contributed by atoms with Crippen LogP contribution in [0.25, 0.3) is 0 Å². The molecule has 0 aromatic heterocycles. The molecule has 27 heavy (non-hydrogen) atoms. The third-order valence-electron chi connectivity index (χ3n) is 4.44. The minimum Gasteiger partial charge on any atom is -0.382 e. The Morgan fingerprint density at radius 2 is 1.81 bits per heavy atom. The monoisotopic (exact) mass is 361 g/mol. The summed E-state index contributed by atoms with van der Waals surface area (Å²) in [5, 5.41) is 15.2. The maximum absolute atomic E-state index is 13.1. The molecule has 136 valence electrons. The Kier molecular flexibility index (Phi) is 5.68. The molecular formula is C22H20FN3O. The number of nitrogens with zero attached hydrogens (tertiary/aromatic N) is 1. The SMILES string of the molecule is Cc1ccc(CNC(=O)C2=CC(C#N)=CNC2Cc2ccc(F)cc2)cc1. The van der Waals surface area contributed by atoms with Crippen molar-refractivity contribution in [3.63, 3.8) is 0 Å². The van der Waals surface area contributed by atoms with Gasteiger partial charge in [-0.1, -0.05) is 42.0 Å². The van der Waals surface area contributed by atoms with Gasteiger partial charge in [-0.05, 0) is 42.7 Å². The second-order valence-electron chi connectivity index (χ2n) is 6.53. The number of halogens is 1. The van der Waals surface area contributed by atoms with Crippen LogP contribution in [0.3, 0.4) is 0 Å². The van der Waals surface area contributed by atoms with Crippen LogP contribution in [-0.4, -0.2) is 11.9 Å². The van der Waals surface area contributed by atoms with E-state index < -0.39 is 0 Å². The summed E-state index contributed by atoms with van der Waals surface area (Å²) in [5.41, 5.74) is 3.95. The van der Waals surface area contributed by atoms with Crippen LogP contribution in [0.15, 0.2) is 72.0 Å². The zero-order valence-corrected chi connectivity index (χ0v) is 15.0. The lowest BCUT2D eigenvalue weighted by Gasteiger charge is -2.24. The van der Waals surface area contributed by atoms with Crippen LogP contribution in [0.5, 0.6) is 0 Å². The molecule has 3 rings (SSSR count). The van der Waals surface area contributed by atoms with Crippen LogP contribution < -0.4 is 10.6 Å². The van der Waals surface area contributed by atoms with Gasteiger partial charge in [0.25, 0.3) is 0 Å². The molecule has 2 aromatic carbocycles. The summed E-state index contributed by atoms with van der Waals surface area (Å²) in [6, 6.07) is 15.9. The first-order valence-electron chi connectivity index (χ1n) is 8.71. The number of hydrogen-bond donors (Lipinski definition) is 2. The Labute approximate surface area is 158 Å². The Balaban J connectivity index is 1.72. The molecule has 0 saturated heterocycles. The number of allylic oxidation sites excluding steroid dienone is 2. The number of benzene rings is 2. The molecule has 0 fully saturated rings. The molecule has 0 bridgehead atoms. The normalized spacial score (nSPS) is 15.8. The molecule has 1 unspecified atom stereocenters. The Hall–Kier alpha value is -3.39. The number of carbonyl (C=O) groups is 1. The topological polar surface area (TPSA) is 64.9 Å². The second-order valence-corrected chi connectivity index (χ2v) is 6.53. The second kappa shape index (κ2) is 8.33. The van der Waals surface area contributed by atoms with Crippen molar-refractivity contribution >= 4 is 5.91 Å². The summed E-state index contributed by atoms with van der Waals surface area (Å²) >= 11 is 0. The van der Waals surface area contributed by atoms with Crippen molar-refractivity contribution in [3.8, 4) is 6.07 Å². The molecule has 1 aliphatic rings. The van der Waals surface area contributed by atoms with Gasteiger partial charge in [-0.15, -0.1) is 0 Å². The van der Waals surface area contributed by atoms with Crippen LogP contribution in [0, 0.1) is 24.1 Å². The van der Waals surface area contributed by atoms with E-state index in [0.29, 0.717) is 24.1 Å². The molecule has 0 aliphatic carbocycles. The summed E-state index contributed by atoms with van der Waals surface area (Å²) < 4.78 is 13.1. The van der Waals surface area contributed by atoms with E-state index >= 15 is 0 Å². The van der Waals surface area contributed by atoms with Gasteiger partial charge in [-0.25, -0.2) is 4.39 Å². The average molecular weight is 361 g/mol. The number of amides is 1. The third kappa shape index (κ3) is 4.83. The van der Waals surface area contributed by atoms with Gasteiger partial charge in [0.1, 0.15) is 11.9 Å². The molecule has 0 saturated carbocycles. The average Bonchev–Trinajstić information content (AvgIpc) is 2.69. The van der Waals surface area contributed by atoms with Crippen LogP contribution in [-0.2, 0) is 17.8 Å². The molecule has 4 nitrogen and oxygen atoms in total. The summed E-state index contributed by atoms with van der Waals surface area (Å²) in [6.07, 6.45) is 3.72. The highest BCUT2D eigenvalue weighted by molar-refractivity contribution is 5.95. The minimum absolute atomic E-state index is 0.226. The van der Waals surface area contributed by atoms with Crippen LogP contribution in [0.2, 0.25) is 0 Å². The Morgan fingerprint density at radius 3 is 2.48 bits per heavy atom. The predicted molar refractivity (Wildman–Crippen MR) is 102 cm³/mol. The molecule has 0 radical (unpaired) electrons. The van der Waals surface area contributed by atoms with Gasteiger partial charge in [-0.3, -0.25) is 4.79 Å². The Morgan fingerprint density at radius 1 is 1.15 bits per heavy atom. The van der Waals surface area contributed by atoms with E-state index in [1.807, 2.05) is 31.2 Å². The quantitative estimate of drug-likeness (QED) is 0.859. The van der Waals surface area contributed by atoms with E-state index in [1.165, 1.54) is 12.1 Å². The van der Waals surface area contributed by atoms with Gasteiger partial charge in [0.05, 0.1) is 11.6 Å². The fourth-order valence-electron chi connectivity index (χ4n) is 2.89. The third-order valence-corrected chi connectivity index (χ3v) is 4.44. The zero-order chi connectivity index (χ0) is 19.2. The van der Waals surface area contributed by atoms with Crippen molar-refractivity contribution in [2.24, 2.45) is 0 Å². The van der Waals surface area contributed by atoms with E-state index in [0.717, 1.165) is 16.7 Å². The summed E-state index contributed by atoms with van der Waals surface area (Å²) in [7, 11) is 0. The van der Waals surface area contributed by atoms with Crippen LogP contribution in [0.1, 0.15) is 16.7 Å². The van der Waals surface area contributed by atoms with Crippen molar-refractivity contribution in [2.45, 2.75) is 25.9 Å². The maximum Gasteiger partial charge on any atom is 0.249 e. The van der Waals surface area contributed by atoms with Crippen molar-refractivity contribution in [2.75, 3.05) is 0 Å². The van der Waals surface area contributed by atoms with E-state index in [2.05, 4.69) is 16.7 Å². The van der Waals surface area contributed by atoms with Gasteiger partial charge >= 0.3 is 0 Å². The number of nitrogens with one attached hydrogen (secondary N) is 2. The molecule has 1 atom stereocenters. The molecule has 2 N–H and O–H groups in total. The van der Waals surface area contributed by atoms with Gasteiger partial charge in [0.2, 0.25) is 5.91 Å². The lowest BCUT2D eigenvalue weighted by Crippen LogP contribution is -2.39. The van der Waals surface area contributed by atoms with Crippen molar-refractivity contribution in [3.05, 3.63) is 94.5 Å². The largest absolute Gasteiger partial charge is 0.382 e. The highest BCUT2D eigenvalue weighted by Crippen LogP contribution is 2.18. The van der Waals surface area contributed by atoms with E-state index in [-0.39, 0.29) is 17.8 Å². The van der Waals surface area contributed by atoms with Crippen molar-refractivity contribution in [1.29, 1.82) is 5.26 Å². The van der Waals surface area contributed by atoms with E-state index in [1.54, 1.807) is 24.4 Å². The standard InChI is InChI=1S/C22H20FN3O/c1-15-2-4-17(5-3-15)13-26-22(27)20-10-18(12-24)14-25-21(20)11-16-6-8-19(23)9-7-16/h2-10,14,21,25H,11,13H2,1H3,(H,26,27). The Bertz CT molecular complexity index is 922. The summed E-state index contributed by atoms with van der Waals surface area (Å²) in [5.74, 6) is -0.523. The molecule has 2 aromatic rings. The molecule has 1 aliphatic heterocycles. The molecule has 5 heteroatoms. The molecule has 1 heterocycles. The van der Waals surface area contributed by atoms with Gasteiger partial charge < -0.3 is 10.6 Å². The first-order valence-corrected chi connectivity index (χ1v) is 8.71. The molecule has 1 amide bonds. The number of carbonyl (C=O) groups excluding carboxylic acids is 1. The number of dihydropyridines is 1. The van der Waals surface area contributed by atoms with Gasteiger partial charge in [-0.2, -0.15) is 5.26 Å². The van der Waals surface area contributed by atoms with Gasteiger partial charge in [0.15, 0.2) is 0 Å². The number of nitriles is 1. The van der Waals surface area contributed by atoms with E-state index in [9.17, 15) is 9.18 Å². The van der Waals surface area contributed by atoms with Crippen LogP contribution in [0.4, 0.5) is 4.39 Å². The first kappa shape index (κ1) is 18.4. The van der Waals surface area contributed by atoms with Crippen LogP contribution >= 0.6 is 0 Å².